The van der Waals surface area contributed by atoms with E-state index < -0.39 is 0 Å². The van der Waals surface area contributed by atoms with Crippen LogP contribution in [0.5, 0.6) is 0 Å². The number of hydrogen-bond acceptors (Lipinski definition) is 8. The highest BCUT2D eigenvalue weighted by Gasteiger charge is 2.15. The number of nitrogens with zero attached hydrogens (tertiary/aromatic N) is 2. The molecule has 0 aliphatic carbocycles. The van der Waals surface area contributed by atoms with Gasteiger partial charge in [0.15, 0.2) is 0 Å². The topological polar surface area (TPSA) is 72.2 Å². The summed E-state index contributed by atoms with van der Waals surface area (Å²) >= 11 is 4.02. The van der Waals surface area contributed by atoms with E-state index in [0.29, 0.717) is 30.3 Å². The number of hydrogen-bond donors (Lipinski definition) is 2. The number of anilines is 1. The van der Waals surface area contributed by atoms with Crippen LogP contribution in [0, 0.1) is 0 Å². The van der Waals surface area contributed by atoms with Gasteiger partial charge in [0, 0.05) is 42.7 Å². The van der Waals surface area contributed by atoms with Gasteiger partial charge in [-0.1, -0.05) is 5.10 Å². The summed E-state index contributed by atoms with van der Waals surface area (Å²) in [5, 5.41) is 15.0. The molecule has 2 heterocycles. The summed E-state index contributed by atoms with van der Waals surface area (Å²) in [5.41, 5.74) is 0. The molecule has 8 heteroatoms. The van der Waals surface area contributed by atoms with Crippen LogP contribution in [0.2, 0.25) is 0 Å². The second-order valence-corrected chi connectivity index (χ2v) is 6.68. The summed E-state index contributed by atoms with van der Waals surface area (Å²) < 4.78 is 10.4. The molecule has 0 bridgehead atoms. The van der Waals surface area contributed by atoms with Gasteiger partial charge in [0.25, 0.3) is 0 Å². The molecule has 0 amide bonds. The molecule has 108 valence electrons. The normalized spacial score (nSPS) is 19.5. The van der Waals surface area contributed by atoms with Crippen LogP contribution < -0.4 is 10.6 Å². The van der Waals surface area contributed by atoms with Gasteiger partial charge < -0.3 is 19.8 Å². The third kappa shape index (κ3) is 5.60. The lowest BCUT2D eigenvalue weighted by molar-refractivity contribution is 0.198. The molecule has 1 aliphatic heterocycles. The second kappa shape index (κ2) is 8.68. The molecule has 1 saturated heterocycles. The maximum atomic E-state index is 5.50. The predicted octanol–water partition coefficient (Wildman–Crippen LogP) is 1.07. The molecule has 1 atom stereocenters. The average Bonchev–Trinajstić information content (AvgIpc) is 2.91. The largest absolute Gasteiger partial charge is 0.407 e. The van der Waals surface area contributed by atoms with Gasteiger partial charge in [-0.3, -0.25) is 0 Å². The molecule has 19 heavy (non-hydrogen) atoms. The number of aromatic nitrogens is 2. The number of thioether (sulfide) groups is 2. The fourth-order valence-corrected chi connectivity index (χ4v) is 4.23. The van der Waals surface area contributed by atoms with E-state index >= 15 is 0 Å². The van der Waals surface area contributed by atoms with Crippen LogP contribution in [-0.2, 0) is 11.3 Å². The number of methoxy groups -OCH3 is 1. The van der Waals surface area contributed by atoms with Crippen molar-refractivity contribution in [3.63, 3.8) is 0 Å². The fourth-order valence-electron chi connectivity index (χ4n) is 1.62. The summed E-state index contributed by atoms with van der Waals surface area (Å²) in [7, 11) is 1.68. The Bertz CT molecular complexity index is 358. The summed E-state index contributed by atoms with van der Waals surface area (Å²) in [6.07, 6.45) is 0. The zero-order chi connectivity index (χ0) is 13.3. The first kappa shape index (κ1) is 15.0. The monoisotopic (exact) mass is 304 g/mol. The molecule has 0 saturated carbocycles. The third-order valence-electron chi connectivity index (χ3n) is 2.59. The minimum absolute atomic E-state index is 0.514. The van der Waals surface area contributed by atoms with Gasteiger partial charge in [0.05, 0.1) is 13.2 Å². The van der Waals surface area contributed by atoms with Crippen molar-refractivity contribution < 1.29 is 9.15 Å². The van der Waals surface area contributed by atoms with Crippen molar-refractivity contribution in [1.82, 2.24) is 15.5 Å². The molecular formula is C11H20N4O2S2. The van der Waals surface area contributed by atoms with Gasteiger partial charge in [0.2, 0.25) is 5.89 Å². The minimum atomic E-state index is 0.514. The molecule has 1 aliphatic rings. The Balaban J connectivity index is 1.65. The van der Waals surface area contributed by atoms with Crippen LogP contribution in [0.25, 0.3) is 0 Å². The predicted molar refractivity (Wildman–Crippen MR) is 79.9 cm³/mol. The molecule has 6 nitrogen and oxygen atoms in total. The Morgan fingerprint density at radius 2 is 2.37 bits per heavy atom. The van der Waals surface area contributed by atoms with Crippen molar-refractivity contribution >= 4 is 29.5 Å². The lowest BCUT2D eigenvalue weighted by Gasteiger charge is -2.20. The van der Waals surface area contributed by atoms with Crippen LogP contribution in [-0.4, -0.2) is 59.5 Å². The smallest absolute Gasteiger partial charge is 0.315 e. The van der Waals surface area contributed by atoms with E-state index in [1.807, 2.05) is 23.5 Å². The standard InChI is InChI=1S/C11H20N4O2S2/c1-16-3-2-12-7-10-14-15-11(17-10)13-6-9-8-18-4-5-19-9/h9,12H,2-8H2,1H3,(H,13,15). The Hall–Kier alpha value is -0.440. The maximum Gasteiger partial charge on any atom is 0.315 e. The van der Waals surface area contributed by atoms with Gasteiger partial charge >= 0.3 is 6.01 Å². The summed E-state index contributed by atoms with van der Waals surface area (Å²) in [5.74, 6) is 4.29. The highest BCUT2D eigenvalue weighted by atomic mass is 32.2. The van der Waals surface area contributed by atoms with E-state index in [9.17, 15) is 0 Å². The Kier molecular flexibility index (Phi) is 6.83. The summed E-state index contributed by atoms with van der Waals surface area (Å²) in [4.78, 5) is 0. The molecule has 1 aromatic heterocycles. The van der Waals surface area contributed by atoms with E-state index in [4.69, 9.17) is 9.15 Å². The Morgan fingerprint density at radius 3 is 3.16 bits per heavy atom. The molecule has 1 fully saturated rings. The summed E-state index contributed by atoms with van der Waals surface area (Å²) in [6.45, 7) is 2.91. The first-order chi connectivity index (χ1) is 9.38. The first-order valence-corrected chi connectivity index (χ1v) is 8.54. The zero-order valence-corrected chi connectivity index (χ0v) is 12.7. The molecule has 2 N–H and O–H groups in total. The fraction of sp³-hybridized carbons (Fsp3) is 0.818. The lowest BCUT2D eigenvalue weighted by atomic mass is 10.5. The Morgan fingerprint density at radius 1 is 1.42 bits per heavy atom. The van der Waals surface area contributed by atoms with Crippen molar-refractivity contribution in [2.24, 2.45) is 0 Å². The third-order valence-corrected chi connectivity index (χ3v) is 5.44. The van der Waals surface area contributed by atoms with Gasteiger partial charge in [-0.2, -0.15) is 23.5 Å². The van der Waals surface area contributed by atoms with Crippen molar-refractivity contribution in [2.75, 3.05) is 49.4 Å². The number of ether oxygens (including phenoxy) is 1. The minimum Gasteiger partial charge on any atom is -0.407 e. The van der Waals surface area contributed by atoms with Crippen LogP contribution in [0.3, 0.4) is 0 Å². The van der Waals surface area contributed by atoms with Gasteiger partial charge in [-0.05, 0) is 0 Å². The highest BCUT2D eigenvalue weighted by molar-refractivity contribution is 8.06. The maximum absolute atomic E-state index is 5.50. The van der Waals surface area contributed by atoms with Gasteiger partial charge in [0.1, 0.15) is 0 Å². The van der Waals surface area contributed by atoms with Crippen molar-refractivity contribution in [1.29, 1.82) is 0 Å². The Labute approximate surface area is 121 Å². The van der Waals surface area contributed by atoms with E-state index in [1.165, 1.54) is 17.3 Å². The molecule has 0 aromatic carbocycles. The molecule has 0 radical (unpaired) electrons. The van der Waals surface area contributed by atoms with E-state index in [2.05, 4.69) is 20.8 Å². The number of nitrogens with one attached hydrogen (secondary N) is 2. The van der Waals surface area contributed by atoms with E-state index in [1.54, 1.807) is 7.11 Å². The van der Waals surface area contributed by atoms with Crippen LogP contribution in [0.15, 0.2) is 4.42 Å². The second-order valence-electron chi connectivity index (χ2n) is 4.12. The van der Waals surface area contributed by atoms with Crippen molar-refractivity contribution in [3.05, 3.63) is 5.89 Å². The van der Waals surface area contributed by atoms with Crippen LogP contribution >= 0.6 is 23.5 Å². The van der Waals surface area contributed by atoms with Crippen molar-refractivity contribution in [2.45, 2.75) is 11.8 Å². The highest BCUT2D eigenvalue weighted by Crippen LogP contribution is 2.24. The first-order valence-electron chi connectivity index (χ1n) is 6.33. The molecule has 2 rings (SSSR count). The van der Waals surface area contributed by atoms with Crippen LogP contribution in [0.4, 0.5) is 6.01 Å². The van der Waals surface area contributed by atoms with Crippen LogP contribution in [0.1, 0.15) is 5.89 Å². The van der Waals surface area contributed by atoms with Gasteiger partial charge in [-0.25, -0.2) is 0 Å². The summed E-state index contributed by atoms with van der Waals surface area (Å²) in [6, 6.07) is 0.514. The van der Waals surface area contributed by atoms with Gasteiger partial charge in [-0.15, -0.1) is 5.10 Å². The molecule has 1 aromatic rings. The quantitative estimate of drug-likeness (QED) is 0.691. The number of rotatable bonds is 8. The SMILES string of the molecule is COCCNCc1nnc(NCC2CSCCS2)o1. The lowest BCUT2D eigenvalue weighted by Crippen LogP contribution is -2.23. The zero-order valence-electron chi connectivity index (χ0n) is 11.1. The molecule has 0 spiro atoms. The van der Waals surface area contributed by atoms with Crippen molar-refractivity contribution in [3.8, 4) is 0 Å². The molecular weight excluding hydrogens is 284 g/mol. The van der Waals surface area contributed by atoms with E-state index in [0.717, 1.165) is 13.1 Å². The van der Waals surface area contributed by atoms with E-state index in [-0.39, 0.29) is 0 Å². The molecule has 1 unspecified atom stereocenters. The average molecular weight is 304 g/mol.